The molecule has 21 heavy (non-hydrogen) atoms. The largest absolute Gasteiger partial charge is 0.399 e. The van der Waals surface area contributed by atoms with Gasteiger partial charge in [-0.3, -0.25) is 4.79 Å². The van der Waals surface area contributed by atoms with Crippen LogP contribution in [0.25, 0.3) is 0 Å². The molecule has 0 spiro atoms. The molecule has 0 aliphatic heterocycles. The van der Waals surface area contributed by atoms with Gasteiger partial charge in [-0.15, -0.1) is 0 Å². The molecular weight excluding hydrogens is 311 g/mol. The van der Waals surface area contributed by atoms with Gasteiger partial charge in [0.25, 0.3) is 0 Å². The Balaban J connectivity index is 2.38. The minimum absolute atomic E-state index is 0.188. The summed E-state index contributed by atoms with van der Waals surface area (Å²) in [5.41, 5.74) is 6.45. The van der Waals surface area contributed by atoms with Crippen LogP contribution in [0.5, 0.6) is 0 Å². The Bertz CT molecular complexity index is 458. The molecule has 1 unspecified atom stereocenters. The predicted octanol–water partition coefficient (Wildman–Crippen LogP) is 4.36. The lowest BCUT2D eigenvalue weighted by Gasteiger charge is -2.12. The van der Waals surface area contributed by atoms with Crippen molar-refractivity contribution in [1.82, 2.24) is 0 Å². The number of hydrogen-bond acceptors (Lipinski definition) is 3. The van der Waals surface area contributed by atoms with Crippen molar-refractivity contribution in [3.63, 3.8) is 0 Å². The molecule has 0 aliphatic rings. The van der Waals surface area contributed by atoms with Crippen molar-refractivity contribution in [2.24, 2.45) is 5.92 Å². The molecule has 0 aromatic heterocycles. The Morgan fingerprint density at radius 2 is 2.00 bits per heavy atom. The molecule has 0 fully saturated rings. The Morgan fingerprint density at radius 3 is 2.57 bits per heavy atom. The highest BCUT2D eigenvalue weighted by atomic mass is 35.5. The van der Waals surface area contributed by atoms with E-state index in [4.69, 9.17) is 33.7 Å². The summed E-state index contributed by atoms with van der Waals surface area (Å²) in [5, 5.41) is 3.33. The number of carbonyl (C=O) groups is 1. The molecule has 3 N–H and O–H groups in total. The second-order valence-electron chi connectivity index (χ2n) is 5.13. The molecule has 1 aromatic rings. The summed E-state index contributed by atoms with van der Waals surface area (Å²) in [7, 11) is 0. The van der Waals surface area contributed by atoms with E-state index in [0.29, 0.717) is 40.6 Å². The van der Waals surface area contributed by atoms with Crippen LogP contribution >= 0.6 is 23.2 Å². The van der Waals surface area contributed by atoms with Crippen LogP contribution in [0.4, 0.5) is 11.4 Å². The predicted molar refractivity (Wildman–Crippen MR) is 89.0 cm³/mol. The fourth-order valence-corrected chi connectivity index (χ4v) is 2.54. The van der Waals surface area contributed by atoms with Gasteiger partial charge in [-0.25, -0.2) is 0 Å². The van der Waals surface area contributed by atoms with Crippen LogP contribution in [0.15, 0.2) is 12.1 Å². The molecule has 1 atom stereocenters. The van der Waals surface area contributed by atoms with E-state index < -0.39 is 0 Å². The molecule has 1 aromatic carbocycles. The standard InChI is InChI=1S/C15H22Cl2N2O2/c1-3-4-10(2)9-21-6-5-14(20)19-15-12(16)7-11(18)8-13(15)17/h7-8,10H,3-6,9,18H2,1-2H3,(H,19,20). The van der Waals surface area contributed by atoms with Gasteiger partial charge in [-0.2, -0.15) is 0 Å². The van der Waals surface area contributed by atoms with Gasteiger partial charge < -0.3 is 15.8 Å². The van der Waals surface area contributed by atoms with Gasteiger partial charge in [0.15, 0.2) is 0 Å². The minimum Gasteiger partial charge on any atom is -0.399 e. The SMILES string of the molecule is CCCC(C)COCCC(=O)Nc1c(Cl)cc(N)cc1Cl. The van der Waals surface area contributed by atoms with Crippen molar-refractivity contribution in [2.75, 3.05) is 24.3 Å². The zero-order valence-corrected chi connectivity index (χ0v) is 13.9. The smallest absolute Gasteiger partial charge is 0.226 e. The average Bonchev–Trinajstić information content (AvgIpc) is 2.39. The topological polar surface area (TPSA) is 64.3 Å². The zero-order valence-electron chi connectivity index (χ0n) is 12.4. The molecule has 4 nitrogen and oxygen atoms in total. The fraction of sp³-hybridized carbons (Fsp3) is 0.533. The first kappa shape index (κ1) is 18.1. The van der Waals surface area contributed by atoms with Crippen LogP contribution < -0.4 is 11.1 Å². The summed E-state index contributed by atoms with van der Waals surface area (Å²) in [6.45, 7) is 5.33. The number of carbonyl (C=O) groups excluding carboxylic acids is 1. The van der Waals surface area contributed by atoms with Crippen molar-refractivity contribution in [3.05, 3.63) is 22.2 Å². The van der Waals surface area contributed by atoms with Gasteiger partial charge in [-0.1, -0.05) is 43.5 Å². The number of amides is 1. The van der Waals surface area contributed by atoms with Crippen molar-refractivity contribution >= 4 is 40.5 Å². The van der Waals surface area contributed by atoms with Crippen molar-refractivity contribution < 1.29 is 9.53 Å². The first-order valence-electron chi connectivity index (χ1n) is 7.06. The van der Waals surface area contributed by atoms with Crippen LogP contribution in [-0.4, -0.2) is 19.1 Å². The van der Waals surface area contributed by atoms with Crippen molar-refractivity contribution in [2.45, 2.75) is 33.1 Å². The van der Waals surface area contributed by atoms with Gasteiger partial charge >= 0.3 is 0 Å². The van der Waals surface area contributed by atoms with Crippen LogP contribution in [0, 0.1) is 5.92 Å². The number of nitrogens with two attached hydrogens (primary N) is 1. The van der Waals surface area contributed by atoms with E-state index in [-0.39, 0.29) is 12.3 Å². The lowest BCUT2D eigenvalue weighted by atomic mass is 10.1. The quantitative estimate of drug-likeness (QED) is 0.549. The van der Waals surface area contributed by atoms with E-state index in [0.717, 1.165) is 12.8 Å². The lowest BCUT2D eigenvalue weighted by Crippen LogP contribution is -2.16. The number of nitrogen functional groups attached to an aromatic ring is 1. The van der Waals surface area contributed by atoms with E-state index in [1.165, 1.54) is 0 Å². The Hall–Kier alpha value is -0.970. The number of anilines is 2. The highest BCUT2D eigenvalue weighted by Crippen LogP contribution is 2.32. The van der Waals surface area contributed by atoms with Gasteiger partial charge in [-0.05, 0) is 24.5 Å². The fourth-order valence-electron chi connectivity index (χ4n) is 1.94. The lowest BCUT2D eigenvalue weighted by molar-refractivity contribution is -0.117. The van der Waals surface area contributed by atoms with Crippen molar-refractivity contribution in [3.8, 4) is 0 Å². The number of halogens is 2. The molecule has 1 amide bonds. The molecule has 6 heteroatoms. The summed E-state index contributed by atoms with van der Waals surface area (Å²) in [5.74, 6) is 0.325. The molecule has 1 rings (SSSR count). The monoisotopic (exact) mass is 332 g/mol. The summed E-state index contributed by atoms with van der Waals surface area (Å²) in [6.07, 6.45) is 2.53. The van der Waals surface area contributed by atoms with Crippen LogP contribution in [0.2, 0.25) is 10.0 Å². The Labute approximate surface area is 135 Å². The summed E-state index contributed by atoms with van der Waals surface area (Å²) < 4.78 is 5.49. The summed E-state index contributed by atoms with van der Waals surface area (Å²) in [4.78, 5) is 11.8. The number of ether oxygens (including phenoxy) is 1. The molecule has 0 saturated heterocycles. The molecule has 0 radical (unpaired) electrons. The van der Waals surface area contributed by atoms with E-state index in [1.54, 1.807) is 12.1 Å². The van der Waals surface area contributed by atoms with Gasteiger partial charge in [0.2, 0.25) is 5.91 Å². The van der Waals surface area contributed by atoms with Crippen LogP contribution in [0.1, 0.15) is 33.1 Å². The third kappa shape index (κ3) is 6.55. The third-order valence-corrected chi connectivity index (χ3v) is 3.58. The molecule has 0 bridgehead atoms. The van der Waals surface area contributed by atoms with Gasteiger partial charge in [0, 0.05) is 12.3 Å². The normalized spacial score (nSPS) is 12.2. The molecule has 118 valence electrons. The van der Waals surface area contributed by atoms with Crippen LogP contribution in [-0.2, 0) is 9.53 Å². The number of hydrogen-bond donors (Lipinski definition) is 2. The Kier molecular flexibility index (Phi) is 7.86. The van der Waals surface area contributed by atoms with E-state index in [1.807, 2.05) is 0 Å². The molecular formula is C15H22Cl2N2O2. The molecule has 0 heterocycles. The van der Waals surface area contributed by atoms with E-state index in [9.17, 15) is 4.79 Å². The third-order valence-electron chi connectivity index (χ3n) is 2.99. The zero-order chi connectivity index (χ0) is 15.8. The van der Waals surface area contributed by atoms with Crippen LogP contribution in [0.3, 0.4) is 0 Å². The second-order valence-corrected chi connectivity index (χ2v) is 5.94. The molecule has 0 saturated carbocycles. The van der Waals surface area contributed by atoms with Crippen molar-refractivity contribution in [1.29, 1.82) is 0 Å². The molecule has 0 aliphatic carbocycles. The first-order chi connectivity index (χ1) is 9.93. The van der Waals surface area contributed by atoms with Gasteiger partial charge in [0.05, 0.1) is 28.8 Å². The summed E-state index contributed by atoms with van der Waals surface area (Å²) in [6, 6.07) is 3.10. The summed E-state index contributed by atoms with van der Waals surface area (Å²) >= 11 is 12.0. The van der Waals surface area contributed by atoms with E-state index >= 15 is 0 Å². The van der Waals surface area contributed by atoms with E-state index in [2.05, 4.69) is 19.2 Å². The number of nitrogens with one attached hydrogen (secondary N) is 1. The Morgan fingerprint density at radius 1 is 1.38 bits per heavy atom. The van der Waals surface area contributed by atoms with Gasteiger partial charge in [0.1, 0.15) is 0 Å². The average molecular weight is 333 g/mol. The maximum atomic E-state index is 11.8. The highest BCUT2D eigenvalue weighted by Gasteiger charge is 2.11. The maximum Gasteiger partial charge on any atom is 0.226 e. The second kappa shape index (κ2) is 9.13. The highest BCUT2D eigenvalue weighted by molar-refractivity contribution is 6.40. The number of rotatable bonds is 8. The number of benzene rings is 1. The first-order valence-corrected chi connectivity index (χ1v) is 7.81. The minimum atomic E-state index is -0.188. The maximum absolute atomic E-state index is 11.8.